The lowest BCUT2D eigenvalue weighted by atomic mass is 10.0. The molecule has 0 saturated heterocycles. The molecular weight excluding hydrogens is 366 g/mol. The Morgan fingerprint density at radius 1 is 0.893 bits per heavy atom. The molecule has 0 spiro atoms. The van der Waals surface area contributed by atoms with E-state index >= 15 is 0 Å². The lowest BCUT2D eigenvalue weighted by molar-refractivity contribution is -0.164. The number of carboxylic acid groups (broad SMARTS) is 1. The van der Waals surface area contributed by atoms with Crippen molar-refractivity contribution >= 4 is 23.8 Å². The molecule has 2 unspecified atom stereocenters. The number of para-hydroxylation sites is 1. The molecule has 0 heterocycles. The molecule has 2 aromatic rings. The van der Waals surface area contributed by atoms with Gasteiger partial charge in [0.05, 0.1) is 5.56 Å². The Labute approximate surface area is 161 Å². The minimum atomic E-state index is -2.06. The van der Waals surface area contributed by atoms with Crippen LogP contribution in [0.5, 0.6) is 5.75 Å². The predicted molar refractivity (Wildman–Crippen MR) is 97.5 cm³/mol. The molecule has 0 aliphatic rings. The topological polar surface area (TPSA) is 110 Å². The van der Waals surface area contributed by atoms with E-state index in [0.717, 1.165) is 4.90 Å². The number of ether oxygens (including phenoxy) is 2. The largest absolute Gasteiger partial charge is 0.478 e. The maximum Gasteiger partial charge on any atom is 0.346 e. The molecule has 0 saturated carbocycles. The van der Waals surface area contributed by atoms with Crippen LogP contribution < -0.4 is 4.74 Å². The van der Waals surface area contributed by atoms with Crippen molar-refractivity contribution in [3.05, 3.63) is 66.2 Å². The van der Waals surface area contributed by atoms with E-state index in [1.807, 2.05) is 0 Å². The van der Waals surface area contributed by atoms with E-state index in [4.69, 9.17) is 9.47 Å². The molecule has 2 rings (SSSR count). The van der Waals surface area contributed by atoms with Crippen LogP contribution >= 0.6 is 0 Å². The number of benzene rings is 2. The number of hydrogen-bond donors (Lipinski definition) is 1. The first kappa shape index (κ1) is 20.6. The predicted octanol–water partition coefficient (Wildman–Crippen LogP) is 1.61. The van der Waals surface area contributed by atoms with E-state index in [2.05, 4.69) is 0 Å². The molecule has 8 heteroatoms. The Hall–Kier alpha value is -3.68. The van der Waals surface area contributed by atoms with E-state index in [0.29, 0.717) is 0 Å². The minimum Gasteiger partial charge on any atom is -0.478 e. The Bertz CT molecular complexity index is 849. The van der Waals surface area contributed by atoms with Crippen molar-refractivity contribution in [3.8, 4) is 5.75 Å². The normalized spacial score (nSPS) is 12.4. The Morgan fingerprint density at radius 3 is 1.93 bits per heavy atom. The number of aliphatic carboxylic acids is 1. The van der Waals surface area contributed by atoms with Crippen LogP contribution in [0.15, 0.2) is 60.7 Å². The molecule has 0 fully saturated rings. The Morgan fingerprint density at radius 2 is 1.43 bits per heavy atom. The molecule has 8 nitrogen and oxygen atoms in total. The van der Waals surface area contributed by atoms with Gasteiger partial charge in [-0.15, -0.1) is 0 Å². The van der Waals surface area contributed by atoms with E-state index in [1.54, 1.807) is 36.4 Å². The SMILES string of the molecule is CN(C)C(=O)C(C(=O)Oc1ccccc1)C(OC(=O)c1ccccc1)C(=O)O. The number of rotatable bonds is 7. The van der Waals surface area contributed by atoms with Gasteiger partial charge in [-0.2, -0.15) is 0 Å². The highest BCUT2D eigenvalue weighted by molar-refractivity contribution is 6.03. The third kappa shape index (κ3) is 5.16. The third-order valence-corrected chi connectivity index (χ3v) is 3.71. The smallest absolute Gasteiger partial charge is 0.346 e. The summed E-state index contributed by atoms with van der Waals surface area (Å²) in [6, 6.07) is 15.5. The summed E-state index contributed by atoms with van der Waals surface area (Å²) in [5.41, 5.74) is 0.0845. The summed E-state index contributed by atoms with van der Waals surface area (Å²) in [5, 5.41) is 9.53. The highest BCUT2D eigenvalue weighted by atomic mass is 16.6. The molecule has 1 N–H and O–H groups in total. The lowest BCUT2D eigenvalue weighted by Crippen LogP contribution is -2.48. The Kier molecular flexibility index (Phi) is 6.86. The number of carbonyl (C=O) groups excluding carboxylic acids is 3. The van der Waals surface area contributed by atoms with Crippen LogP contribution in [-0.4, -0.2) is 54.0 Å². The van der Waals surface area contributed by atoms with Gasteiger partial charge in [-0.05, 0) is 24.3 Å². The standard InChI is InChI=1S/C20H19NO7/c1-21(2)17(22)15(20(26)27-14-11-7-4-8-12-14)16(18(23)24)28-19(25)13-9-5-3-6-10-13/h3-12,15-16H,1-2H3,(H,23,24). The van der Waals surface area contributed by atoms with Gasteiger partial charge in [0.25, 0.3) is 0 Å². The zero-order chi connectivity index (χ0) is 20.7. The average Bonchev–Trinajstić information content (AvgIpc) is 2.68. The summed E-state index contributed by atoms with van der Waals surface area (Å²) in [6.45, 7) is 0. The highest BCUT2D eigenvalue weighted by Gasteiger charge is 2.44. The van der Waals surface area contributed by atoms with Crippen LogP contribution in [0, 0.1) is 5.92 Å². The maximum absolute atomic E-state index is 12.6. The molecule has 0 radical (unpaired) electrons. The molecule has 28 heavy (non-hydrogen) atoms. The lowest BCUT2D eigenvalue weighted by Gasteiger charge is -2.24. The van der Waals surface area contributed by atoms with Crippen molar-refractivity contribution in [2.45, 2.75) is 6.10 Å². The van der Waals surface area contributed by atoms with Gasteiger partial charge in [0.15, 0.2) is 5.92 Å². The van der Waals surface area contributed by atoms with Crippen molar-refractivity contribution in [1.29, 1.82) is 0 Å². The fourth-order valence-corrected chi connectivity index (χ4v) is 2.32. The van der Waals surface area contributed by atoms with Crippen LogP contribution in [0.25, 0.3) is 0 Å². The summed E-state index contributed by atoms with van der Waals surface area (Å²) in [4.78, 5) is 50.1. The van der Waals surface area contributed by atoms with Gasteiger partial charge in [-0.25, -0.2) is 9.59 Å². The first-order valence-corrected chi connectivity index (χ1v) is 8.28. The van der Waals surface area contributed by atoms with E-state index in [9.17, 15) is 24.3 Å². The number of carbonyl (C=O) groups is 4. The number of esters is 2. The molecule has 0 aliphatic heterocycles. The number of amides is 1. The quantitative estimate of drug-likeness (QED) is 0.438. The summed E-state index contributed by atoms with van der Waals surface area (Å²) < 4.78 is 10.1. The van der Waals surface area contributed by atoms with E-state index < -0.39 is 35.8 Å². The van der Waals surface area contributed by atoms with E-state index in [-0.39, 0.29) is 11.3 Å². The zero-order valence-electron chi connectivity index (χ0n) is 15.3. The van der Waals surface area contributed by atoms with Crippen LogP contribution in [0.1, 0.15) is 10.4 Å². The highest BCUT2D eigenvalue weighted by Crippen LogP contribution is 2.19. The van der Waals surface area contributed by atoms with Gasteiger partial charge in [0.1, 0.15) is 5.75 Å². The van der Waals surface area contributed by atoms with Gasteiger partial charge in [-0.1, -0.05) is 36.4 Å². The second-order valence-electron chi connectivity index (χ2n) is 5.97. The van der Waals surface area contributed by atoms with Gasteiger partial charge in [0, 0.05) is 14.1 Å². The zero-order valence-corrected chi connectivity index (χ0v) is 15.3. The van der Waals surface area contributed by atoms with Crippen LogP contribution in [0.3, 0.4) is 0 Å². The van der Waals surface area contributed by atoms with Crippen LogP contribution in [0.4, 0.5) is 0 Å². The van der Waals surface area contributed by atoms with Crippen molar-refractivity contribution in [2.24, 2.45) is 5.92 Å². The second kappa shape index (κ2) is 9.31. The van der Waals surface area contributed by atoms with Crippen LogP contribution in [0.2, 0.25) is 0 Å². The fourth-order valence-electron chi connectivity index (χ4n) is 2.32. The first-order valence-electron chi connectivity index (χ1n) is 8.28. The van der Waals surface area contributed by atoms with Gasteiger partial charge < -0.3 is 19.5 Å². The second-order valence-corrected chi connectivity index (χ2v) is 5.97. The van der Waals surface area contributed by atoms with Crippen molar-refractivity contribution in [1.82, 2.24) is 4.90 Å². The van der Waals surface area contributed by atoms with Crippen molar-refractivity contribution in [3.63, 3.8) is 0 Å². The molecule has 2 aromatic carbocycles. The minimum absolute atomic E-state index is 0.0845. The maximum atomic E-state index is 12.6. The third-order valence-electron chi connectivity index (χ3n) is 3.71. The van der Waals surface area contributed by atoms with Gasteiger partial charge in [0.2, 0.25) is 12.0 Å². The molecule has 1 amide bonds. The summed E-state index contributed by atoms with van der Waals surface area (Å²) in [7, 11) is 2.70. The molecule has 0 bridgehead atoms. The number of nitrogens with zero attached hydrogens (tertiary/aromatic N) is 1. The fraction of sp³-hybridized carbons (Fsp3) is 0.200. The van der Waals surface area contributed by atoms with Gasteiger partial charge in [-0.3, -0.25) is 9.59 Å². The van der Waals surface area contributed by atoms with E-state index in [1.165, 1.54) is 38.4 Å². The number of carboxylic acids is 1. The number of hydrogen-bond acceptors (Lipinski definition) is 6. The monoisotopic (exact) mass is 385 g/mol. The Balaban J connectivity index is 2.31. The first-order chi connectivity index (χ1) is 13.3. The molecule has 0 aromatic heterocycles. The van der Waals surface area contributed by atoms with Gasteiger partial charge >= 0.3 is 17.9 Å². The molecule has 146 valence electrons. The van der Waals surface area contributed by atoms with Crippen molar-refractivity contribution in [2.75, 3.05) is 14.1 Å². The summed E-state index contributed by atoms with van der Waals surface area (Å²) in [6.07, 6.45) is -2.06. The molecular formula is C20H19NO7. The summed E-state index contributed by atoms with van der Waals surface area (Å²) >= 11 is 0. The summed E-state index contributed by atoms with van der Waals surface area (Å²) in [5.74, 6) is -6.37. The average molecular weight is 385 g/mol. The van der Waals surface area contributed by atoms with Crippen LogP contribution in [-0.2, 0) is 19.1 Å². The molecule has 0 aliphatic carbocycles. The molecule has 2 atom stereocenters. The van der Waals surface area contributed by atoms with Crippen molar-refractivity contribution < 1.29 is 33.8 Å².